The van der Waals surface area contributed by atoms with E-state index in [-0.39, 0.29) is 24.4 Å². The molecule has 0 spiro atoms. The number of morpholine rings is 1. The van der Waals surface area contributed by atoms with Gasteiger partial charge in [0.2, 0.25) is 0 Å². The Morgan fingerprint density at radius 3 is 2.89 bits per heavy atom. The van der Waals surface area contributed by atoms with Crippen LogP contribution in [-0.2, 0) is 14.3 Å². The number of carbonyl (C=O) groups is 2. The fourth-order valence-electron chi connectivity index (χ4n) is 2.00. The highest BCUT2D eigenvalue weighted by molar-refractivity contribution is 5.91. The summed E-state index contributed by atoms with van der Waals surface area (Å²) in [6, 6.07) is 3.40. The number of hydrogen-bond acceptors (Lipinski definition) is 5. The molecule has 0 radical (unpaired) electrons. The van der Waals surface area contributed by atoms with Gasteiger partial charge in [0, 0.05) is 13.1 Å². The zero-order valence-corrected chi connectivity index (χ0v) is 11.0. The SMILES string of the molecule is COC(=O)CC1CN(C(=O)c2ccc(C)o2)CCO1. The van der Waals surface area contributed by atoms with Crippen molar-refractivity contribution in [1.82, 2.24) is 4.90 Å². The molecule has 1 saturated heterocycles. The van der Waals surface area contributed by atoms with Crippen molar-refractivity contribution in [2.24, 2.45) is 0 Å². The van der Waals surface area contributed by atoms with Gasteiger partial charge < -0.3 is 18.8 Å². The van der Waals surface area contributed by atoms with Crippen LogP contribution in [0.25, 0.3) is 0 Å². The fourth-order valence-corrected chi connectivity index (χ4v) is 2.00. The average molecular weight is 267 g/mol. The van der Waals surface area contributed by atoms with Gasteiger partial charge in [-0.15, -0.1) is 0 Å². The minimum atomic E-state index is -0.340. The van der Waals surface area contributed by atoms with E-state index in [4.69, 9.17) is 9.15 Å². The first kappa shape index (κ1) is 13.6. The van der Waals surface area contributed by atoms with Crippen molar-refractivity contribution in [2.75, 3.05) is 26.8 Å². The molecule has 19 heavy (non-hydrogen) atoms. The molecule has 2 heterocycles. The fraction of sp³-hybridized carbons (Fsp3) is 0.538. The predicted octanol–water partition coefficient (Wildman–Crippen LogP) is 0.992. The topological polar surface area (TPSA) is 69.0 Å². The molecule has 1 atom stereocenters. The van der Waals surface area contributed by atoms with E-state index in [0.717, 1.165) is 0 Å². The van der Waals surface area contributed by atoms with Crippen LogP contribution in [0.3, 0.4) is 0 Å². The number of rotatable bonds is 3. The Kier molecular flexibility index (Phi) is 4.21. The molecule has 1 amide bonds. The molecule has 1 aliphatic rings. The number of methoxy groups -OCH3 is 1. The largest absolute Gasteiger partial charge is 0.469 e. The van der Waals surface area contributed by atoms with Gasteiger partial charge in [0.25, 0.3) is 5.91 Å². The lowest BCUT2D eigenvalue weighted by atomic mass is 10.2. The molecular formula is C13H17NO5. The van der Waals surface area contributed by atoms with Crippen LogP contribution in [0.2, 0.25) is 0 Å². The number of ether oxygens (including phenoxy) is 2. The first-order chi connectivity index (χ1) is 9.10. The highest BCUT2D eigenvalue weighted by atomic mass is 16.5. The molecule has 1 aromatic heterocycles. The molecule has 0 saturated carbocycles. The molecule has 1 unspecified atom stereocenters. The predicted molar refractivity (Wildman–Crippen MR) is 65.7 cm³/mol. The van der Waals surface area contributed by atoms with Crippen LogP contribution in [0.5, 0.6) is 0 Å². The first-order valence-electron chi connectivity index (χ1n) is 6.14. The summed E-state index contributed by atoms with van der Waals surface area (Å²) >= 11 is 0. The Bertz CT molecular complexity index is 467. The Balaban J connectivity index is 1.97. The summed E-state index contributed by atoms with van der Waals surface area (Å²) in [4.78, 5) is 25.0. The van der Waals surface area contributed by atoms with Gasteiger partial charge in [0.1, 0.15) is 5.76 Å². The van der Waals surface area contributed by atoms with Crippen LogP contribution in [0, 0.1) is 6.92 Å². The third-order valence-electron chi connectivity index (χ3n) is 3.00. The van der Waals surface area contributed by atoms with Crippen LogP contribution in [0.1, 0.15) is 22.7 Å². The highest BCUT2D eigenvalue weighted by Gasteiger charge is 2.28. The molecule has 0 aliphatic carbocycles. The molecule has 1 fully saturated rings. The Hall–Kier alpha value is -1.82. The van der Waals surface area contributed by atoms with E-state index in [1.165, 1.54) is 7.11 Å². The van der Waals surface area contributed by atoms with Crippen molar-refractivity contribution in [3.05, 3.63) is 23.7 Å². The molecule has 1 aromatic rings. The van der Waals surface area contributed by atoms with E-state index in [1.807, 2.05) is 0 Å². The molecule has 6 nitrogen and oxygen atoms in total. The van der Waals surface area contributed by atoms with E-state index in [0.29, 0.717) is 31.2 Å². The summed E-state index contributed by atoms with van der Waals surface area (Å²) in [7, 11) is 1.33. The molecule has 1 aliphatic heterocycles. The lowest BCUT2D eigenvalue weighted by Crippen LogP contribution is -2.46. The van der Waals surface area contributed by atoms with E-state index in [9.17, 15) is 9.59 Å². The Morgan fingerprint density at radius 2 is 2.26 bits per heavy atom. The third-order valence-corrected chi connectivity index (χ3v) is 3.00. The Labute approximate surface area is 111 Å². The number of aryl methyl sites for hydroxylation is 1. The van der Waals surface area contributed by atoms with Gasteiger partial charge in [-0.2, -0.15) is 0 Å². The van der Waals surface area contributed by atoms with Gasteiger partial charge in [-0.05, 0) is 19.1 Å². The van der Waals surface area contributed by atoms with Crippen LogP contribution in [-0.4, -0.2) is 49.7 Å². The summed E-state index contributed by atoms with van der Waals surface area (Å²) in [5.41, 5.74) is 0. The number of carbonyl (C=O) groups excluding carboxylic acids is 2. The van der Waals surface area contributed by atoms with Gasteiger partial charge in [0.05, 0.1) is 26.2 Å². The quantitative estimate of drug-likeness (QED) is 0.764. The smallest absolute Gasteiger partial charge is 0.308 e. The van der Waals surface area contributed by atoms with Crippen LogP contribution in [0.15, 0.2) is 16.5 Å². The summed E-state index contributed by atoms with van der Waals surface area (Å²) in [6.45, 7) is 3.06. The third kappa shape index (κ3) is 3.35. The van der Waals surface area contributed by atoms with Gasteiger partial charge in [0.15, 0.2) is 5.76 Å². The molecule has 2 rings (SSSR count). The molecule has 0 bridgehead atoms. The van der Waals surface area contributed by atoms with Crippen molar-refractivity contribution in [2.45, 2.75) is 19.4 Å². The van der Waals surface area contributed by atoms with Gasteiger partial charge in [-0.1, -0.05) is 0 Å². The second kappa shape index (κ2) is 5.88. The van der Waals surface area contributed by atoms with E-state index in [1.54, 1.807) is 24.0 Å². The van der Waals surface area contributed by atoms with E-state index >= 15 is 0 Å². The highest BCUT2D eigenvalue weighted by Crippen LogP contribution is 2.15. The monoisotopic (exact) mass is 267 g/mol. The van der Waals surface area contributed by atoms with Crippen LogP contribution >= 0.6 is 0 Å². The zero-order valence-electron chi connectivity index (χ0n) is 11.0. The van der Waals surface area contributed by atoms with Crippen molar-refractivity contribution in [3.63, 3.8) is 0 Å². The van der Waals surface area contributed by atoms with Crippen molar-refractivity contribution >= 4 is 11.9 Å². The molecule has 0 N–H and O–H groups in total. The summed E-state index contributed by atoms with van der Waals surface area (Å²) < 4.78 is 15.4. The van der Waals surface area contributed by atoms with Gasteiger partial charge >= 0.3 is 5.97 Å². The minimum Gasteiger partial charge on any atom is -0.469 e. The maximum absolute atomic E-state index is 12.2. The second-order valence-electron chi connectivity index (χ2n) is 4.43. The molecular weight excluding hydrogens is 250 g/mol. The van der Waals surface area contributed by atoms with E-state index < -0.39 is 0 Å². The van der Waals surface area contributed by atoms with Crippen LogP contribution < -0.4 is 0 Å². The number of furan rings is 1. The first-order valence-corrected chi connectivity index (χ1v) is 6.14. The summed E-state index contributed by atoms with van der Waals surface area (Å²) in [6.07, 6.45) is -0.168. The van der Waals surface area contributed by atoms with Gasteiger partial charge in [-0.25, -0.2) is 0 Å². The summed E-state index contributed by atoms with van der Waals surface area (Å²) in [5.74, 6) is 0.498. The van der Waals surface area contributed by atoms with Crippen LogP contribution in [0.4, 0.5) is 0 Å². The van der Waals surface area contributed by atoms with Crippen molar-refractivity contribution in [1.29, 1.82) is 0 Å². The normalized spacial score (nSPS) is 19.3. The summed E-state index contributed by atoms with van der Waals surface area (Å²) in [5, 5.41) is 0. The molecule has 6 heteroatoms. The number of esters is 1. The minimum absolute atomic E-state index is 0.150. The van der Waals surface area contributed by atoms with Crippen molar-refractivity contribution < 1.29 is 23.5 Å². The van der Waals surface area contributed by atoms with Crippen molar-refractivity contribution in [3.8, 4) is 0 Å². The number of nitrogens with zero attached hydrogens (tertiary/aromatic N) is 1. The lowest BCUT2D eigenvalue weighted by molar-refractivity contribution is -0.145. The Morgan fingerprint density at radius 1 is 1.47 bits per heavy atom. The lowest BCUT2D eigenvalue weighted by Gasteiger charge is -2.31. The number of hydrogen-bond donors (Lipinski definition) is 0. The standard InChI is InChI=1S/C13H17NO5/c1-9-3-4-11(19-9)13(16)14-5-6-18-10(8-14)7-12(15)17-2/h3-4,10H,5-8H2,1-2H3. The van der Waals surface area contributed by atoms with Gasteiger partial charge in [-0.3, -0.25) is 9.59 Å². The molecule has 104 valence electrons. The number of amides is 1. The maximum Gasteiger partial charge on any atom is 0.308 e. The van der Waals surface area contributed by atoms with E-state index in [2.05, 4.69) is 4.74 Å². The maximum atomic E-state index is 12.2. The zero-order chi connectivity index (χ0) is 13.8. The second-order valence-corrected chi connectivity index (χ2v) is 4.43. The molecule has 0 aromatic carbocycles. The average Bonchev–Trinajstić information content (AvgIpc) is 2.84.